The number of benzene rings is 4. The van der Waals surface area contributed by atoms with Crippen molar-refractivity contribution in [1.29, 1.82) is 0 Å². The van der Waals surface area contributed by atoms with Gasteiger partial charge < -0.3 is 25.2 Å². The summed E-state index contributed by atoms with van der Waals surface area (Å²) in [5.74, 6) is -1.00. The summed E-state index contributed by atoms with van der Waals surface area (Å²) in [6, 6.07) is 22.9. The molecule has 1 saturated heterocycles. The molecule has 11 nitrogen and oxygen atoms in total. The standard InChI is InChI=1S/C36H34Cl2N4O7/c1-3-49-27-9-4-6-21(14-27)19-41-31(20-43)33(39-18-24-11-10-23(34(44)48-2)16-30(24)42(46)47)32(22-7-5-8-25(37)15-22)36(41)28-13-12-26(38)17-29(28)40-35(36)45/h4-17,31-33,39,43H,3,18-20H2,1-2H3,(H,40,45)/t31-,32-,33+,36+/m0/s1. The maximum atomic E-state index is 14.7. The van der Waals surface area contributed by atoms with Gasteiger partial charge in [0.1, 0.15) is 11.3 Å². The van der Waals surface area contributed by atoms with Crippen molar-refractivity contribution in [2.45, 2.75) is 43.6 Å². The highest BCUT2D eigenvalue weighted by atomic mass is 35.5. The number of fused-ring (bicyclic) bond motifs is 2. The monoisotopic (exact) mass is 704 g/mol. The molecule has 0 unspecified atom stereocenters. The molecule has 13 heteroatoms. The number of nitrogens with one attached hydrogen (secondary N) is 2. The van der Waals surface area contributed by atoms with Crippen LogP contribution in [0.3, 0.4) is 0 Å². The first kappa shape index (κ1) is 34.3. The second-order valence-corrected chi connectivity index (χ2v) is 12.8. The Hall–Kier alpha value is -4.52. The summed E-state index contributed by atoms with van der Waals surface area (Å²) in [4.78, 5) is 40.4. The summed E-state index contributed by atoms with van der Waals surface area (Å²) in [7, 11) is 1.20. The topological polar surface area (TPSA) is 143 Å². The zero-order chi connectivity index (χ0) is 34.9. The molecule has 0 bridgehead atoms. The van der Waals surface area contributed by atoms with E-state index in [1.54, 1.807) is 30.3 Å². The number of carbonyl (C=O) groups is 2. The maximum Gasteiger partial charge on any atom is 0.338 e. The van der Waals surface area contributed by atoms with Crippen LogP contribution in [-0.2, 0) is 28.2 Å². The van der Waals surface area contributed by atoms with E-state index in [2.05, 4.69) is 10.6 Å². The average Bonchev–Trinajstić information content (AvgIpc) is 3.53. The minimum Gasteiger partial charge on any atom is -0.494 e. The number of methoxy groups -OCH3 is 1. The van der Waals surface area contributed by atoms with E-state index in [1.165, 1.54) is 25.3 Å². The second kappa shape index (κ2) is 14.1. The van der Waals surface area contributed by atoms with Crippen molar-refractivity contribution < 1.29 is 29.1 Å². The van der Waals surface area contributed by atoms with Crippen molar-refractivity contribution in [1.82, 2.24) is 10.2 Å². The molecule has 0 radical (unpaired) electrons. The minimum atomic E-state index is -1.38. The van der Waals surface area contributed by atoms with Gasteiger partial charge in [-0.3, -0.25) is 19.8 Å². The zero-order valence-corrected chi connectivity index (χ0v) is 28.2. The summed E-state index contributed by atoms with van der Waals surface area (Å²) in [6.45, 7) is 2.23. The van der Waals surface area contributed by atoms with Crippen molar-refractivity contribution in [2.75, 3.05) is 25.6 Å². The van der Waals surface area contributed by atoms with Gasteiger partial charge in [-0.25, -0.2) is 4.79 Å². The Morgan fingerprint density at radius 2 is 1.84 bits per heavy atom. The van der Waals surface area contributed by atoms with Gasteiger partial charge in [0.05, 0.1) is 36.9 Å². The predicted octanol–water partition coefficient (Wildman–Crippen LogP) is 6.05. The number of aliphatic hydroxyl groups excluding tert-OH is 1. The molecule has 0 saturated carbocycles. The molecule has 4 aromatic rings. The van der Waals surface area contributed by atoms with Crippen LogP contribution in [0.5, 0.6) is 5.75 Å². The third-order valence-corrected chi connectivity index (χ3v) is 9.72. The number of nitro benzene ring substituents is 1. The van der Waals surface area contributed by atoms with Gasteiger partial charge in [0, 0.05) is 58.0 Å². The number of amides is 1. The fourth-order valence-electron chi connectivity index (χ4n) is 7.31. The van der Waals surface area contributed by atoms with Crippen molar-refractivity contribution in [2.24, 2.45) is 0 Å². The molecule has 1 fully saturated rings. The number of nitro groups is 1. The summed E-state index contributed by atoms with van der Waals surface area (Å²) in [5, 5.41) is 30.8. The Bertz CT molecular complexity index is 1920. The molecule has 0 aliphatic carbocycles. The number of halogens is 2. The van der Waals surface area contributed by atoms with E-state index in [1.807, 2.05) is 48.2 Å². The lowest BCUT2D eigenvalue weighted by Gasteiger charge is -2.39. The van der Waals surface area contributed by atoms with Gasteiger partial charge in [0.2, 0.25) is 5.91 Å². The Morgan fingerprint density at radius 1 is 1.06 bits per heavy atom. The first-order valence-electron chi connectivity index (χ1n) is 15.7. The lowest BCUT2D eigenvalue weighted by atomic mass is 9.73. The highest BCUT2D eigenvalue weighted by Crippen LogP contribution is 2.58. The van der Waals surface area contributed by atoms with Crippen LogP contribution in [0.2, 0.25) is 10.0 Å². The molecular formula is C36H34Cl2N4O7. The molecule has 1 amide bonds. The number of anilines is 1. The number of esters is 1. The van der Waals surface area contributed by atoms with Crippen molar-refractivity contribution in [3.63, 3.8) is 0 Å². The Labute approximate surface area is 292 Å². The first-order valence-corrected chi connectivity index (χ1v) is 16.4. The lowest BCUT2D eigenvalue weighted by molar-refractivity contribution is -0.385. The second-order valence-electron chi connectivity index (χ2n) is 11.9. The normalized spacial score (nSPS) is 21.4. The molecule has 2 heterocycles. The maximum absolute atomic E-state index is 14.7. The Kier molecular flexibility index (Phi) is 9.91. The van der Waals surface area contributed by atoms with Crippen LogP contribution >= 0.6 is 23.2 Å². The van der Waals surface area contributed by atoms with Crippen LogP contribution in [0.25, 0.3) is 0 Å². The fourth-order valence-corrected chi connectivity index (χ4v) is 7.68. The highest BCUT2D eigenvalue weighted by molar-refractivity contribution is 6.31. The Balaban J connectivity index is 1.52. The van der Waals surface area contributed by atoms with E-state index in [0.29, 0.717) is 39.2 Å². The summed E-state index contributed by atoms with van der Waals surface area (Å²) < 4.78 is 10.5. The van der Waals surface area contributed by atoms with Gasteiger partial charge in [0.25, 0.3) is 5.69 Å². The quantitative estimate of drug-likeness (QED) is 0.0965. The Morgan fingerprint density at radius 3 is 2.55 bits per heavy atom. The van der Waals surface area contributed by atoms with E-state index in [0.717, 1.165) is 11.1 Å². The largest absolute Gasteiger partial charge is 0.494 e. The minimum absolute atomic E-state index is 0.0190. The van der Waals surface area contributed by atoms with Gasteiger partial charge in [-0.2, -0.15) is 0 Å². The number of aliphatic hydroxyl groups is 1. The molecule has 6 rings (SSSR count). The van der Waals surface area contributed by atoms with Gasteiger partial charge in [0.15, 0.2) is 0 Å². The van der Waals surface area contributed by atoms with Gasteiger partial charge in [-0.15, -0.1) is 0 Å². The number of carbonyl (C=O) groups excluding carboxylic acids is 2. The molecule has 0 aromatic heterocycles. The number of rotatable bonds is 11. The van der Waals surface area contributed by atoms with Crippen LogP contribution in [0.15, 0.2) is 84.9 Å². The van der Waals surface area contributed by atoms with Crippen LogP contribution in [-0.4, -0.2) is 59.2 Å². The third-order valence-electron chi connectivity index (χ3n) is 9.25. The molecule has 4 aromatic carbocycles. The molecule has 2 aliphatic heterocycles. The van der Waals surface area contributed by atoms with E-state index in [4.69, 9.17) is 32.7 Å². The number of hydrogen-bond donors (Lipinski definition) is 3. The average molecular weight is 706 g/mol. The van der Waals surface area contributed by atoms with E-state index in [-0.39, 0.29) is 36.9 Å². The third kappa shape index (κ3) is 6.24. The highest BCUT2D eigenvalue weighted by Gasteiger charge is 2.66. The molecule has 254 valence electrons. The van der Waals surface area contributed by atoms with E-state index >= 15 is 0 Å². The van der Waals surface area contributed by atoms with Crippen LogP contribution in [0, 0.1) is 10.1 Å². The van der Waals surface area contributed by atoms with Crippen molar-refractivity contribution >= 4 is 46.5 Å². The summed E-state index contributed by atoms with van der Waals surface area (Å²) in [6.07, 6.45) is 0. The van der Waals surface area contributed by atoms with Crippen LogP contribution < -0.4 is 15.4 Å². The zero-order valence-electron chi connectivity index (χ0n) is 26.7. The lowest BCUT2D eigenvalue weighted by Crippen LogP contribution is -2.52. The number of likely N-dealkylation sites (tertiary alicyclic amines) is 1. The van der Waals surface area contributed by atoms with Crippen LogP contribution in [0.1, 0.15) is 45.5 Å². The molecule has 2 aliphatic rings. The van der Waals surface area contributed by atoms with Crippen molar-refractivity contribution in [3.05, 3.63) is 133 Å². The predicted molar refractivity (Wildman–Crippen MR) is 185 cm³/mol. The molecule has 3 N–H and O–H groups in total. The van der Waals surface area contributed by atoms with E-state index < -0.39 is 34.4 Å². The first-order chi connectivity index (χ1) is 23.6. The molecular weight excluding hydrogens is 671 g/mol. The molecule has 1 spiro atoms. The number of nitrogens with zero attached hydrogens (tertiary/aromatic N) is 2. The van der Waals surface area contributed by atoms with Gasteiger partial charge >= 0.3 is 5.97 Å². The number of hydrogen-bond acceptors (Lipinski definition) is 9. The fraction of sp³-hybridized carbons (Fsp3) is 0.278. The van der Waals surface area contributed by atoms with E-state index in [9.17, 15) is 24.8 Å². The van der Waals surface area contributed by atoms with Gasteiger partial charge in [-0.05, 0) is 60.5 Å². The summed E-state index contributed by atoms with van der Waals surface area (Å²) >= 11 is 13.0. The van der Waals surface area contributed by atoms with Gasteiger partial charge in [-0.1, -0.05) is 59.6 Å². The molecule has 4 atom stereocenters. The number of ether oxygens (including phenoxy) is 2. The van der Waals surface area contributed by atoms with Crippen molar-refractivity contribution in [3.8, 4) is 5.75 Å². The smallest absolute Gasteiger partial charge is 0.338 e. The summed E-state index contributed by atoms with van der Waals surface area (Å²) in [5.41, 5.74) is 1.48. The SMILES string of the molecule is CCOc1cccc(CN2[C@@H](CO)[C@@H](NCc3ccc(C(=O)OC)cc3[N+](=O)[O-])[C@H](c3cccc(Cl)c3)[C@]23C(=O)Nc2cc(Cl)ccc23)c1. The molecule has 49 heavy (non-hydrogen) atoms. The van der Waals surface area contributed by atoms with Crippen LogP contribution in [0.4, 0.5) is 11.4 Å².